The summed E-state index contributed by atoms with van der Waals surface area (Å²) in [7, 11) is 1.76. The Morgan fingerprint density at radius 3 is 2.71 bits per heavy atom. The van der Waals surface area contributed by atoms with Crippen molar-refractivity contribution in [2.24, 2.45) is 0 Å². The Bertz CT molecular complexity index is 1050. The fourth-order valence-electron chi connectivity index (χ4n) is 3.66. The maximum absolute atomic E-state index is 13.7. The van der Waals surface area contributed by atoms with Gasteiger partial charge in [0.25, 0.3) is 5.91 Å². The fourth-order valence-corrected chi connectivity index (χ4v) is 3.66. The lowest BCUT2D eigenvalue weighted by molar-refractivity contribution is 0.0724. The molecule has 0 bridgehead atoms. The third kappa shape index (κ3) is 3.24. The first-order valence-electron chi connectivity index (χ1n) is 9.41. The number of imidazole rings is 1. The minimum atomic E-state index is -0.393. The number of hydrogen-bond donors (Lipinski definition) is 2. The number of carbonyl (C=O) groups is 1. The van der Waals surface area contributed by atoms with Crippen molar-refractivity contribution in [1.29, 1.82) is 5.41 Å². The molecule has 3 aromatic rings. The first kappa shape index (κ1) is 18.2. The van der Waals surface area contributed by atoms with Gasteiger partial charge in [-0.2, -0.15) is 0 Å². The van der Waals surface area contributed by atoms with Crippen LogP contribution in [-0.4, -0.2) is 46.0 Å². The Morgan fingerprint density at radius 2 is 1.96 bits per heavy atom. The van der Waals surface area contributed by atoms with Gasteiger partial charge in [0.1, 0.15) is 11.5 Å². The molecule has 0 spiro atoms. The molecule has 0 radical (unpaired) electrons. The quantitative estimate of drug-likeness (QED) is 0.681. The minimum absolute atomic E-state index is 0.0196. The molecule has 1 amide bonds. The number of rotatable bonds is 4. The minimum Gasteiger partial charge on any atom is -0.388 e. The summed E-state index contributed by atoms with van der Waals surface area (Å²) in [6.45, 7) is 1.58. The Hall–Kier alpha value is -3.22. The summed E-state index contributed by atoms with van der Waals surface area (Å²) in [5.74, 6) is -0.373. The van der Waals surface area contributed by atoms with E-state index < -0.39 is 5.82 Å². The highest BCUT2D eigenvalue weighted by atomic mass is 19.1. The van der Waals surface area contributed by atoms with E-state index in [4.69, 9.17) is 5.41 Å². The van der Waals surface area contributed by atoms with Crippen molar-refractivity contribution in [1.82, 2.24) is 14.3 Å². The van der Waals surface area contributed by atoms with Gasteiger partial charge >= 0.3 is 0 Å². The molecule has 2 N–H and O–H groups in total. The fraction of sp³-hybridized carbons (Fsp3) is 0.286. The van der Waals surface area contributed by atoms with Crippen LogP contribution in [0, 0.1) is 11.2 Å². The van der Waals surface area contributed by atoms with Crippen molar-refractivity contribution in [3.8, 4) is 0 Å². The largest absolute Gasteiger partial charge is 0.388 e. The van der Waals surface area contributed by atoms with E-state index in [-0.39, 0.29) is 11.6 Å². The van der Waals surface area contributed by atoms with Gasteiger partial charge in [-0.3, -0.25) is 14.6 Å². The zero-order valence-electron chi connectivity index (χ0n) is 15.7. The van der Waals surface area contributed by atoms with Crippen LogP contribution in [0.25, 0.3) is 5.65 Å². The molecule has 0 atom stereocenters. The highest BCUT2D eigenvalue weighted by Gasteiger charge is 2.21. The van der Waals surface area contributed by atoms with Crippen molar-refractivity contribution in [3.63, 3.8) is 0 Å². The van der Waals surface area contributed by atoms with Gasteiger partial charge in [-0.15, -0.1) is 0 Å². The monoisotopic (exact) mass is 379 g/mol. The van der Waals surface area contributed by atoms with Crippen molar-refractivity contribution in [2.45, 2.75) is 19.3 Å². The average molecular weight is 379 g/mol. The molecule has 1 saturated heterocycles. The molecule has 4 rings (SSSR count). The summed E-state index contributed by atoms with van der Waals surface area (Å²) in [5, 5.41) is 11.7. The molecular weight excluding hydrogens is 357 g/mol. The molecule has 1 fully saturated rings. The summed E-state index contributed by atoms with van der Waals surface area (Å²) in [6.07, 6.45) is 6.13. The van der Waals surface area contributed by atoms with Crippen LogP contribution >= 0.6 is 0 Å². The predicted octanol–water partition coefficient (Wildman–Crippen LogP) is 3.56. The van der Waals surface area contributed by atoms with E-state index in [1.807, 2.05) is 4.90 Å². The molecule has 144 valence electrons. The lowest BCUT2D eigenvalue weighted by atomic mass is 10.0. The molecule has 0 saturated carbocycles. The van der Waals surface area contributed by atoms with Gasteiger partial charge in [0.05, 0.1) is 17.6 Å². The third-order valence-corrected chi connectivity index (χ3v) is 5.17. The summed E-state index contributed by atoms with van der Waals surface area (Å²) in [5.41, 5.74) is 3.18. The van der Waals surface area contributed by atoms with Gasteiger partial charge in [0.15, 0.2) is 0 Å². The number of halogens is 1. The number of fused-ring (bicyclic) bond motifs is 1. The van der Waals surface area contributed by atoms with Crippen LogP contribution in [-0.2, 0) is 0 Å². The van der Waals surface area contributed by atoms with Crippen molar-refractivity contribution >= 4 is 23.0 Å². The molecule has 1 aromatic carbocycles. The zero-order chi connectivity index (χ0) is 19.7. The average Bonchev–Trinajstić information content (AvgIpc) is 3.15. The topological polar surface area (TPSA) is 73.5 Å². The molecule has 6 nitrogen and oxygen atoms in total. The number of anilines is 1. The molecular formula is C21H22FN5O. The van der Waals surface area contributed by atoms with E-state index in [1.165, 1.54) is 18.7 Å². The third-order valence-electron chi connectivity index (χ3n) is 5.17. The Labute approximate surface area is 162 Å². The predicted molar refractivity (Wildman–Crippen MR) is 107 cm³/mol. The van der Waals surface area contributed by atoms with Crippen LogP contribution < -0.4 is 5.32 Å². The molecule has 0 unspecified atom stereocenters. The van der Waals surface area contributed by atoms with Gasteiger partial charge < -0.3 is 10.2 Å². The van der Waals surface area contributed by atoms with Crippen LogP contribution in [0.2, 0.25) is 0 Å². The standard InChI is InChI=1S/C21H22FN5O/c1-24-17-11-14(21(28)26-9-3-2-4-10-26)5-7-16(17)20(23)18-12-25-19-8-6-15(22)13-27(18)19/h5-8,11-13,23-24H,2-4,9-10H2,1H3. The van der Waals surface area contributed by atoms with Crippen molar-refractivity contribution in [2.75, 3.05) is 25.5 Å². The Kier molecular flexibility index (Phi) is 4.81. The molecule has 1 aliphatic rings. The second-order valence-corrected chi connectivity index (χ2v) is 6.96. The maximum Gasteiger partial charge on any atom is 0.253 e. The Morgan fingerprint density at radius 1 is 1.18 bits per heavy atom. The number of likely N-dealkylation sites (tertiary alicyclic amines) is 1. The summed E-state index contributed by atoms with van der Waals surface area (Å²) >= 11 is 0. The van der Waals surface area contributed by atoms with E-state index in [0.29, 0.717) is 28.2 Å². The Balaban J connectivity index is 1.68. The molecule has 3 heterocycles. The lowest BCUT2D eigenvalue weighted by Gasteiger charge is -2.27. The number of aromatic nitrogens is 2. The first-order chi connectivity index (χ1) is 13.6. The number of carbonyl (C=O) groups excluding carboxylic acids is 1. The van der Waals surface area contributed by atoms with Crippen molar-refractivity contribution < 1.29 is 9.18 Å². The lowest BCUT2D eigenvalue weighted by Crippen LogP contribution is -2.35. The number of pyridine rings is 1. The van der Waals surface area contributed by atoms with Crippen LogP contribution in [0.4, 0.5) is 10.1 Å². The number of hydrogen-bond acceptors (Lipinski definition) is 4. The van der Waals surface area contributed by atoms with Crippen LogP contribution in [0.1, 0.15) is 40.9 Å². The van der Waals surface area contributed by atoms with E-state index in [2.05, 4.69) is 10.3 Å². The summed E-state index contributed by atoms with van der Waals surface area (Å²) in [6, 6.07) is 8.22. The van der Waals surface area contributed by atoms with Gasteiger partial charge in [0.2, 0.25) is 0 Å². The molecule has 1 aliphatic heterocycles. The number of benzene rings is 1. The second-order valence-electron chi connectivity index (χ2n) is 6.96. The summed E-state index contributed by atoms with van der Waals surface area (Å²) < 4.78 is 15.2. The maximum atomic E-state index is 13.7. The van der Waals surface area contributed by atoms with Gasteiger partial charge in [-0.25, -0.2) is 9.37 Å². The number of piperidine rings is 1. The van der Waals surface area contributed by atoms with E-state index >= 15 is 0 Å². The number of nitrogens with zero attached hydrogens (tertiary/aromatic N) is 3. The van der Waals surface area contributed by atoms with Crippen LogP contribution in [0.3, 0.4) is 0 Å². The van der Waals surface area contributed by atoms with Crippen LogP contribution in [0.5, 0.6) is 0 Å². The van der Waals surface area contributed by atoms with Crippen LogP contribution in [0.15, 0.2) is 42.7 Å². The highest BCUT2D eigenvalue weighted by molar-refractivity contribution is 6.14. The molecule has 0 aliphatic carbocycles. The van der Waals surface area contributed by atoms with Gasteiger partial charge in [-0.1, -0.05) is 0 Å². The van der Waals surface area contributed by atoms with E-state index in [9.17, 15) is 9.18 Å². The van der Waals surface area contributed by atoms with E-state index in [0.717, 1.165) is 25.9 Å². The number of amides is 1. The zero-order valence-corrected chi connectivity index (χ0v) is 15.7. The SMILES string of the molecule is CNc1cc(C(=O)N2CCCCC2)ccc1C(=N)c1cnc2ccc(F)cn12. The highest BCUT2D eigenvalue weighted by Crippen LogP contribution is 2.23. The number of nitrogens with one attached hydrogen (secondary N) is 2. The second kappa shape index (κ2) is 7.42. The normalized spacial score (nSPS) is 14.3. The molecule has 7 heteroatoms. The van der Waals surface area contributed by atoms with Gasteiger partial charge in [0, 0.05) is 43.1 Å². The van der Waals surface area contributed by atoms with Gasteiger partial charge in [-0.05, 0) is 49.6 Å². The molecule has 28 heavy (non-hydrogen) atoms. The molecule has 2 aromatic heterocycles. The van der Waals surface area contributed by atoms with E-state index in [1.54, 1.807) is 41.9 Å². The smallest absolute Gasteiger partial charge is 0.253 e. The van der Waals surface area contributed by atoms with Crippen molar-refractivity contribution in [3.05, 3.63) is 65.4 Å². The summed E-state index contributed by atoms with van der Waals surface area (Å²) in [4.78, 5) is 18.9. The first-order valence-corrected chi connectivity index (χ1v) is 9.41.